The number of aromatic carboxylic acids is 1. The molecule has 72 heavy (non-hydrogen) atoms. The molecule has 2 aliphatic rings. The molecule has 0 saturated carbocycles. The van der Waals surface area contributed by atoms with Gasteiger partial charge >= 0.3 is 22.1 Å². The second-order valence-electron chi connectivity index (χ2n) is 16.5. The number of benzene rings is 4. The van der Waals surface area contributed by atoms with Gasteiger partial charge in [0.15, 0.2) is 17.1 Å². The van der Waals surface area contributed by atoms with Crippen molar-refractivity contribution in [1.29, 1.82) is 0 Å². The van der Waals surface area contributed by atoms with E-state index in [0.29, 0.717) is 13.1 Å². The maximum absolute atomic E-state index is 13.2. The predicted molar refractivity (Wildman–Crippen MR) is 257 cm³/mol. The summed E-state index contributed by atoms with van der Waals surface area (Å²) < 4.78 is 91.1. The van der Waals surface area contributed by atoms with Crippen molar-refractivity contribution in [2.45, 2.75) is 61.0 Å². The number of para-hydroxylation sites is 1. The zero-order valence-corrected chi connectivity index (χ0v) is 40.6. The second kappa shape index (κ2) is 23.4. The molecule has 2 heterocycles. The summed E-state index contributed by atoms with van der Waals surface area (Å²) in [6.07, 6.45) is -0.0234. The third-order valence-electron chi connectivity index (χ3n) is 11.5. The summed E-state index contributed by atoms with van der Waals surface area (Å²) in [5.41, 5.74) is 8.37. The topological polar surface area (TPSA) is 365 Å². The lowest BCUT2D eigenvalue weighted by molar-refractivity contribution is -0.176. The van der Waals surface area contributed by atoms with E-state index in [4.69, 9.17) is 25.0 Å². The number of amides is 2. The summed E-state index contributed by atoms with van der Waals surface area (Å²) in [5.74, 6) is -4.81. The number of nitrogens with one attached hydrogen (secondary N) is 3. The normalized spacial score (nSPS) is 12.4. The van der Waals surface area contributed by atoms with Crippen molar-refractivity contribution in [3.05, 3.63) is 95.0 Å². The van der Waals surface area contributed by atoms with Crippen LogP contribution < -0.4 is 32.6 Å². The SMILES string of the molecule is CNN(C)Cc1cc2ccccc2n1CCC(=O)N[C@@H](CCC(=O)O)C(=O)CCCOCCOCCNC(=O)c1ccc(-c2c3ccc(=[NH2+])c(S(=O)(=O)O)c-3oc3c(S(=O)(=O)[O-])c(N)ccc23)c(C(=O)O)c1. The fourth-order valence-electron chi connectivity index (χ4n) is 8.12. The van der Waals surface area contributed by atoms with E-state index in [9.17, 15) is 60.1 Å². The van der Waals surface area contributed by atoms with Crippen LogP contribution in [0.25, 0.3) is 44.3 Å². The van der Waals surface area contributed by atoms with Gasteiger partial charge in [-0.05, 0) is 73.3 Å². The summed E-state index contributed by atoms with van der Waals surface area (Å²) in [7, 11) is -6.89. The van der Waals surface area contributed by atoms with Gasteiger partial charge in [-0.25, -0.2) is 18.2 Å². The molecule has 0 radical (unpaired) electrons. The van der Waals surface area contributed by atoms with E-state index in [0.717, 1.165) is 34.8 Å². The van der Waals surface area contributed by atoms with Crippen molar-refractivity contribution in [3.63, 3.8) is 0 Å². The van der Waals surface area contributed by atoms with Crippen LogP contribution in [0.5, 0.6) is 0 Å². The molecule has 1 atom stereocenters. The summed E-state index contributed by atoms with van der Waals surface area (Å²) >= 11 is 0. The number of carboxylic acids is 2. The summed E-state index contributed by atoms with van der Waals surface area (Å²) in [5, 5.41) is 33.0. The first-order valence-corrected chi connectivity index (χ1v) is 25.1. The molecule has 0 fully saturated rings. The van der Waals surface area contributed by atoms with Crippen LogP contribution in [-0.2, 0) is 57.2 Å². The lowest BCUT2D eigenvalue weighted by atomic mass is 9.89. The highest BCUT2D eigenvalue weighted by atomic mass is 32.2. The van der Waals surface area contributed by atoms with Crippen LogP contribution in [0.4, 0.5) is 5.69 Å². The smallest absolute Gasteiger partial charge is 0.336 e. The Bertz CT molecular complexity index is 3300. The lowest BCUT2D eigenvalue weighted by Crippen LogP contribution is -2.47. The maximum atomic E-state index is 13.2. The number of hydrogen-bond acceptors (Lipinski definition) is 16. The number of hydrazine groups is 1. The zero-order valence-electron chi connectivity index (χ0n) is 39.0. The highest BCUT2D eigenvalue weighted by Crippen LogP contribution is 2.45. The average molecular weight is 1040 g/mol. The fraction of sp³-hybridized carbons (Fsp3) is 0.319. The van der Waals surface area contributed by atoms with E-state index in [2.05, 4.69) is 22.1 Å². The molecular formula is C47H53N7O16S2. The number of Topliss-reactive ketones (excluding diaryl/α,β-unsaturated/α-hetero) is 1. The monoisotopic (exact) mass is 1040 g/mol. The number of aryl methyl sites for hydroxylation is 1. The molecule has 4 aromatic rings. The number of nitrogens with zero attached hydrogens (tertiary/aromatic N) is 2. The van der Waals surface area contributed by atoms with Crippen molar-refractivity contribution >= 4 is 77.3 Å². The number of rotatable bonds is 26. The molecule has 3 aromatic carbocycles. The third-order valence-corrected chi connectivity index (χ3v) is 13.4. The standard InChI is InChI=1S/C47H53N7O16S2/c1-50-53(2)26-29-24-27-6-3-4-7-37(27)54(29)19-17-39(56)52-36(15-16-40(57)58)38(55)8-5-20-68-22-23-69-21-18-51-46(59)28-9-10-30(33(25-28)47(60)61)41-31-11-13-34(48)44(71(62,63)64)42(31)70-43-32(41)12-14-35(49)45(43)72(65,66)67/h3-4,6-7,9-14,24-25,36,48,50H,5,8,15-23,26,49H2,1-2H3,(H,51,59)(H,52,56)(H,57,58)(H,60,61)(H,62,63,64)(H,65,66,67)/t36-/m0/s1. The van der Waals surface area contributed by atoms with Crippen LogP contribution >= 0.6 is 0 Å². The number of nitrogens with two attached hydrogens (primary N) is 2. The van der Waals surface area contributed by atoms with Gasteiger partial charge in [0.2, 0.25) is 16.2 Å². The van der Waals surface area contributed by atoms with Gasteiger partial charge in [0, 0.05) is 85.4 Å². The molecule has 384 valence electrons. The molecule has 10 N–H and O–H groups in total. The van der Waals surface area contributed by atoms with Crippen LogP contribution in [0.3, 0.4) is 0 Å². The summed E-state index contributed by atoms with van der Waals surface area (Å²) in [6.45, 7) is 1.27. The Morgan fingerprint density at radius 2 is 1.60 bits per heavy atom. The number of anilines is 1. The first kappa shape index (κ1) is 54.2. The van der Waals surface area contributed by atoms with Gasteiger partial charge in [0.05, 0.1) is 43.7 Å². The van der Waals surface area contributed by atoms with Crippen molar-refractivity contribution in [1.82, 2.24) is 25.6 Å². The number of carbonyl (C=O) groups excluding carboxylic acids is 3. The molecular weight excluding hydrogens is 983 g/mol. The van der Waals surface area contributed by atoms with Crippen molar-refractivity contribution in [2.75, 3.05) is 52.8 Å². The van der Waals surface area contributed by atoms with Gasteiger partial charge in [-0.15, -0.1) is 0 Å². The highest BCUT2D eigenvalue weighted by Gasteiger charge is 2.32. The lowest BCUT2D eigenvalue weighted by Gasteiger charge is -2.21. The van der Waals surface area contributed by atoms with Crippen LogP contribution in [0, 0.1) is 0 Å². The molecule has 23 nitrogen and oxygen atoms in total. The van der Waals surface area contributed by atoms with Crippen molar-refractivity contribution in [3.8, 4) is 22.5 Å². The van der Waals surface area contributed by atoms with Crippen LogP contribution in [0.2, 0.25) is 0 Å². The van der Waals surface area contributed by atoms with E-state index in [1.54, 1.807) is 7.05 Å². The number of ketones is 1. The van der Waals surface area contributed by atoms with E-state index in [1.807, 2.05) is 40.9 Å². The largest absolute Gasteiger partial charge is 0.744 e. The second-order valence-corrected chi connectivity index (χ2v) is 19.1. The minimum atomic E-state index is -5.41. The molecule has 0 saturated heterocycles. The molecule has 0 unspecified atom stereocenters. The first-order chi connectivity index (χ1) is 34.1. The average Bonchev–Trinajstić information content (AvgIpc) is 3.66. The summed E-state index contributed by atoms with van der Waals surface area (Å²) in [6, 6.07) is 16.9. The maximum Gasteiger partial charge on any atom is 0.336 e. The molecule has 2 amide bonds. The minimum absolute atomic E-state index is 0.0100. The number of fused-ring (bicyclic) bond motifs is 3. The summed E-state index contributed by atoms with van der Waals surface area (Å²) in [4.78, 5) is 61.5. The van der Waals surface area contributed by atoms with Crippen LogP contribution in [0.15, 0.2) is 87.0 Å². The number of aromatic nitrogens is 1. The van der Waals surface area contributed by atoms with E-state index < -0.39 is 87.8 Å². The predicted octanol–water partition coefficient (Wildman–Crippen LogP) is 1.37. The number of nitrogen functional groups attached to an aromatic ring is 1. The van der Waals surface area contributed by atoms with Gasteiger partial charge in [0.1, 0.15) is 15.0 Å². The molecule has 1 aliphatic carbocycles. The fourth-order valence-corrected chi connectivity index (χ4v) is 9.61. The molecule has 1 aliphatic heterocycles. The zero-order chi connectivity index (χ0) is 52.5. The molecule has 1 aromatic heterocycles. The van der Waals surface area contributed by atoms with Crippen LogP contribution in [-0.4, -0.2) is 128 Å². The molecule has 6 rings (SSSR count). The van der Waals surface area contributed by atoms with E-state index >= 15 is 0 Å². The Morgan fingerprint density at radius 1 is 0.889 bits per heavy atom. The van der Waals surface area contributed by atoms with E-state index in [1.165, 1.54) is 24.3 Å². The van der Waals surface area contributed by atoms with Gasteiger partial charge < -0.3 is 49.6 Å². The molecule has 0 spiro atoms. The number of ether oxygens (including phenoxy) is 2. The van der Waals surface area contributed by atoms with Crippen molar-refractivity contribution in [2.24, 2.45) is 0 Å². The highest BCUT2D eigenvalue weighted by molar-refractivity contribution is 7.86. The first-order valence-electron chi connectivity index (χ1n) is 22.3. The number of hydrogen-bond donors (Lipinski definition) is 8. The van der Waals surface area contributed by atoms with Crippen molar-refractivity contribution < 1.29 is 79.4 Å². The Balaban J connectivity index is 1.01. The Morgan fingerprint density at radius 3 is 2.28 bits per heavy atom. The van der Waals surface area contributed by atoms with Gasteiger partial charge in [-0.1, -0.05) is 24.3 Å². The minimum Gasteiger partial charge on any atom is -0.744 e. The Hall–Kier alpha value is -7.10. The Kier molecular flexibility index (Phi) is 17.6. The number of carbonyl (C=O) groups is 5. The van der Waals surface area contributed by atoms with Gasteiger partial charge in [-0.2, -0.15) is 8.42 Å². The molecule has 25 heteroatoms. The number of aliphatic carboxylic acids is 1. The quantitative estimate of drug-likeness (QED) is 0.0125. The molecule has 0 bridgehead atoms. The van der Waals surface area contributed by atoms with Gasteiger partial charge in [-0.3, -0.25) is 34.6 Å². The van der Waals surface area contributed by atoms with Crippen LogP contribution in [0.1, 0.15) is 58.5 Å². The van der Waals surface area contributed by atoms with E-state index in [-0.39, 0.29) is 98.5 Å². The third kappa shape index (κ3) is 13.0. The van der Waals surface area contributed by atoms with Gasteiger partial charge in [0.25, 0.3) is 5.91 Å². The number of carboxylic acid groups (broad SMARTS) is 2. The Labute approximate surface area is 412 Å².